The molecule has 4 heteroatoms. The number of carbonyl (C=O) groups excluding carboxylic acids is 1. The fraction of sp³-hybridized carbons (Fsp3) is 0.929. The molecule has 0 aromatic rings. The molecular weight excluding hydrogens is 226 g/mol. The lowest BCUT2D eigenvalue weighted by Crippen LogP contribution is -2.47. The van der Waals surface area contributed by atoms with E-state index < -0.39 is 0 Å². The van der Waals surface area contributed by atoms with Gasteiger partial charge in [0.05, 0.1) is 0 Å². The highest BCUT2D eigenvalue weighted by Crippen LogP contribution is 2.20. The highest BCUT2D eigenvalue weighted by Gasteiger charge is 2.22. The Hall–Kier alpha value is -0.610. The van der Waals surface area contributed by atoms with Crippen molar-refractivity contribution in [2.75, 3.05) is 45.8 Å². The fourth-order valence-corrected chi connectivity index (χ4v) is 2.93. The number of rotatable bonds is 4. The molecule has 18 heavy (non-hydrogen) atoms. The number of nitrogens with zero attached hydrogens (tertiary/aromatic N) is 2. The van der Waals surface area contributed by atoms with Gasteiger partial charge in [-0.2, -0.15) is 0 Å². The van der Waals surface area contributed by atoms with Crippen LogP contribution in [0.4, 0.5) is 0 Å². The molecule has 4 nitrogen and oxygen atoms in total. The summed E-state index contributed by atoms with van der Waals surface area (Å²) in [6.45, 7) is 9.62. The molecule has 2 heterocycles. The molecule has 0 aromatic carbocycles. The van der Waals surface area contributed by atoms with Gasteiger partial charge >= 0.3 is 0 Å². The number of nitrogens with one attached hydrogen (secondary N) is 1. The van der Waals surface area contributed by atoms with Crippen LogP contribution in [-0.2, 0) is 4.79 Å². The van der Waals surface area contributed by atoms with Crippen molar-refractivity contribution in [3.05, 3.63) is 0 Å². The van der Waals surface area contributed by atoms with Crippen molar-refractivity contribution in [1.29, 1.82) is 0 Å². The third kappa shape index (κ3) is 3.95. The third-order valence-corrected chi connectivity index (χ3v) is 4.40. The molecule has 1 atom stereocenters. The normalized spacial score (nSPS) is 27.3. The highest BCUT2D eigenvalue weighted by atomic mass is 16.2. The van der Waals surface area contributed by atoms with E-state index in [0.29, 0.717) is 5.91 Å². The lowest BCUT2D eigenvalue weighted by atomic mass is 9.98. The van der Waals surface area contributed by atoms with E-state index in [9.17, 15) is 4.79 Å². The van der Waals surface area contributed by atoms with Gasteiger partial charge in [-0.1, -0.05) is 13.3 Å². The summed E-state index contributed by atoms with van der Waals surface area (Å²) in [5.74, 6) is 1.14. The first-order chi connectivity index (χ1) is 8.79. The molecule has 1 unspecified atom stereocenters. The van der Waals surface area contributed by atoms with Crippen molar-refractivity contribution in [1.82, 2.24) is 15.1 Å². The van der Waals surface area contributed by atoms with Gasteiger partial charge in [0.2, 0.25) is 5.91 Å². The van der Waals surface area contributed by atoms with Crippen LogP contribution < -0.4 is 5.32 Å². The second-order valence-electron chi connectivity index (χ2n) is 5.57. The summed E-state index contributed by atoms with van der Waals surface area (Å²) in [4.78, 5) is 16.6. The summed E-state index contributed by atoms with van der Waals surface area (Å²) in [7, 11) is 0. The second-order valence-corrected chi connectivity index (χ2v) is 5.57. The molecular formula is C14H27N3O. The third-order valence-electron chi connectivity index (χ3n) is 4.40. The first kappa shape index (κ1) is 13.8. The lowest BCUT2D eigenvalue weighted by Gasteiger charge is -2.30. The van der Waals surface area contributed by atoms with E-state index in [2.05, 4.69) is 22.0 Å². The summed E-state index contributed by atoms with van der Waals surface area (Å²) >= 11 is 0. The van der Waals surface area contributed by atoms with E-state index in [1.54, 1.807) is 0 Å². The van der Waals surface area contributed by atoms with E-state index in [4.69, 9.17) is 0 Å². The summed E-state index contributed by atoms with van der Waals surface area (Å²) in [5, 5.41) is 3.36. The molecule has 2 fully saturated rings. The Morgan fingerprint density at radius 2 is 1.94 bits per heavy atom. The maximum absolute atomic E-state index is 12.0. The Labute approximate surface area is 111 Å². The van der Waals surface area contributed by atoms with E-state index >= 15 is 0 Å². The van der Waals surface area contributed by atoms with Gasteiger partial charge in [-0.3, -0.25) is 9.69 Å². The van der Waals surface area contributed by atoms with Crippen molar-refractivity contribution >= 4 is 5.91 Å². The average molecular weight is 253 g/mol. The first-order valence-electron chi connectivity index (χ1n) is 7.50. The molecule has 0 aromatic heterocycles. The number of amides is 1. The largest absolute Gasteiger partial charge is 0.341 e. The Morgan fingerprint density at radius 3 is 2.67 bits per heavy atom. The molecule has 0 aliphatic carbocycles. The van der Waals surface area contributed by atoms with Crippen LogP contribution in [0.5, 0.6) is 0 Å². The quantitative estimate of drug-likeness (QED) is 0.809. The van der Waals surface area contributed by atoms with Gasteiger partial charge in [0.15, 0.2) is 0 Å². The Kier molecular flexibility index (Phi) is 5.45. The minimum absolute atomic E-state index is 0.376. The van der Waals surface area contributed by atoms with Crippen molar-refractivity contribution in [3.8, 4) is 0 Å². The van der Waals surface area contributed by atoms with Gasteiger partial charge in [-0.25, -0.2) is 0 Å². The van der Waals surface area contributed by atoms with Crippen LogP contribution in [0.3, 0.4) is 0 Å². The predicted molar refractivity (Wildman–Crippen MR) is 73.5 cm³/mol. The fourth-order valence-electron chi connectivity index (χ4n) is 2.93. The predicted octanol–water partition coefficient (Wildman–Crippen LogP) is 0.930. The Balaban J connectivity index is 1.75. The molecule has 2 rings (SSSR count). The zero-order chi connectivity index (χ0) is 12.8. The van der Waals surface area contributed by atoms with Gasteiger partial charge in [0.25, 0.3) is 0 Å². The molecule has 104 valence electrons. The molecule has 2 aliphatic rings. The maximum atomic E-state index is 12.0. The minimum atomic E-state index is 0.376. The lowest BCUT2D eigenvalue weighted by molar-refractivity contribution is -0.130. The van der Waals surface area contributed by atoms with Crippen molar-refractivity contribution < 1.29 is 4.79 Å². The van der Waals surface area contributed by atoms with Gasteiger partial charge < -0.3 is 10.2 Å². The van der Waals surface area contributed by atoms with Gasteiger partial charge in [-0.15, -0.1) is 0 Å². The van der Waals surface area contributed by atoms with E-state index in [0.717, 1.165) is 64.6 Å². The Bertz CT molecular complexity index is 264. The van der Waals surface area contributed by atoms with Gasteiger partial charge in [-0.05, 0) is 18.8 Å². The standard InChI is InChI=1S/C14H27N3O/c1-2-13-3-4-14(18)17(8-5-13)12-11-16-9-6-15-7-10-16/h13,15H,2-12H2,1H3. The maximum Gasteiger partial charge on any atom is 0.222 e. The Morgan fingerprint density at radius 1 is 1.17 bits per heavy atom. The number of hydrogen-bond donors (Lipinski definition) is 1. The van der Waals surface area contributed by atoms with Crippen LogP contribution in [0.15, 0.2) is 0 Å². The molecule has 1 N–H and O–H groups in total. The zero-order valence-electron chi connectivity index (χ0n) is 11.7. The monoisotopic (exact) mass is 253 g/mol. The summed E-state index contributed by atoms with van der Waals surface area (Å²) in [5.41, 5.74) is 0. The number of piperazine rings is 1. The zero-order valence-corrected chi connectivity index (χ0v) is 11.7. The van der Waals surface area contributed by atoms with E-state index in [-0.39, 0.29) is 0 Å². The van der Waals surface area contributed by atoms with Crippen LogP contribution in [-0.4, -0.2) is 61.5 Å². The van der Waals surface area contributed by atoms with Crippen LogP contribution in [0.1, 0.15) is 32.6 Å². The molecule has 0 saturated carbocycles. The number of likely N-dealkylation sites (tertiary alicyclic amines) is 1. The van der Waals surface area contributed by atoms with Crippen LogP contribution in [0, 0.1) is 5.92 Å². The van der Waals surface area contributed by atoms with Gasteiger partial charge in [0.1, 0.15) is 0 Å². The van der Waals surface area contributed by atoms with Crippen LogP contribution in [0.25, 0.3) is 0 Å². The van der Waals surface area contributed by atoms with Gasteiger partial charge in [0, 0.05) is 52.2 Å². The molecule has 2 saturated heterocycles. The first-order valence-corrected chi connectivity index (χ1v) is 7.50. The minimum Gasteiger partial charge on any atom is -0.341 e. The van der Waals surface area contributed by atoms with E-state index in [1.165, 1.54) is 12.8 Å². The van der Waals surface area contributed by atoms with Crippen molar-refractivity contribution in [2.24, 2.45) is 5.92 Å². The van der Waals surface area contributed by atoms with Crippen LogP contribution in [0.2, 0.25) is 0 Å². The van der Waals surface area contributed by atoms with Crippen molar-refractivity contribution in [3.63, 3.8) is 0 Å². The molecule has 2 aliphatic heterocycles. The average Bonchev–Trinajstić information content (AvgIpc) is 2.60. The summed E-state index contributed by atoms with van der Waals surface area (Å²) in [6.07, 6.45) is 4.28. The molecule has 1 amide bonds. The van der Waals surface area contributed by atoms with Crippen LogP contribution >= 0.6 is 0 Å². The second kappa shape index (κ2) is 7.10. The molecule has 0 bridgehead atoms. The number of carbonyl (C=O) groups is 1. The summed E-state index contributed by atoms with van der Waals surface area (Å²) in [6, 6.07) is 0. The summed E-state index contributed by atoms with van der Waals surface area (Å²) < 4.78 is 0. The SMILES string of the molecule is CCC1CCC(=O)N(CCN2CCNCC2)CC1. The van der Waals surface area contributed by atoms with Crippen molar-refractivity contribution in [2.45, 2.75) is 32.6 Å². The number of hydrogen-bond acceptors (Lipinski definition) is 3. The molecule has 0 spiro atoms. The topological polar surface area (TPSA) is 35.6 Å². The highest BCUT2D eigenvalue weighted by molar-refractivity contribution is 5.76. The molecule has 0 radical (unpaired) electrons. The smallest absolute Gasteiger partial charge is 0.222 e. The van der Waals surface area contributed by atoms with E-state index in [1.807, 2.05) is 0 Å².